The molecular formula is C18H14O6. The van der Waals surface area contributed by atoms with E-state index in [9.17, 15) is 19.2 Å². The third-order valence-electron chi connectivity index (χ3n) is 3.07. The summed E-state index contributed by atoms with van der Waals surface area (Å²) in [7, 11) is 0. The highest BCUT2D eigenvalue weighted by molar-refractivity contribution is 6.31. The molecule has 0 aromatic heterocycles. The van der Waals surface area contributed by atoms with Gasteiger partial charge in [-0.25, -0.2) is 9.59 Å². The second kappa shape index (κ2) is 7.32. The molecule has 0 atom stereocenters. The van der Waals surface area contributed by atoms with Crippen molar-refractivity contribution in [3.05, 3.63) is 59.7 Å². The molecule has 0 aliphatic rings. The van der Waals surface area contributed by atoms with Crippen LogP contribution in [0.25, 0.3) is 0 Å². The Balaban J connectivity index is 2.06. The van der Waals surface area contributed by atoms with Crippen LogP contribution in [0.5, 0.6) is 11.5 Å². The van der Waals surface area contributed by atoms with Crippen LogP contribution in [0.15, 0.2) is 48.5 Å². The zero-order chi connectivity index (χ0) is 17.7. The number of carbonyl (C=O) groups is 4. The van der Waals surface area contributed by atoms with E-state index in [0.717, 1.165) is 0 Å². The van der Waals surface area contributed by atoms with E-state index < -0.39 is 11.9 Å². The first kappa shape index (κ1) is 17.1. The van der Waals surface area contributed by atoms with E-state index in [2.05, 4.69) is 0 Å². The molecular weight excluding hydrogens is 312 g/mol. The summed E-state index contributed by atoms with van der Waals surface area (Å²) in [6, 6.07) is 11.8. The van der Waals surface area contributed by atoms with Crippen LogP contribution in [0.4, 0.5) is 0 Å². The number of esters is 2. The van der Waals surface area contributed by atoms with E-state index in [0.29, 0.717) is 11.1 Å². The number of ketones is 2. The van der Waals surface area contributed by atoms with Crippen molar-refractivity contribution in [3.63, 3.8) is 0 Å². The van der Waals surface area contributed by atoms with E-state index in [4.69, 9.17) is 9.47 Å². The summed E-state index contributed by atoms with van der Waals surface area (Å²) in [6.45, 7) is 2.74. The maximum absolute atomic E-state index is 11.8. The Hall–Kier alpha value is -3.28. The van der Waals surface area contributed by atoms with Crippen molar-refractivity contribution in [2.75, 3.05) is 0 Å². The Morgan fingerprint density at radius 3 is 1.38 bits per heavy atom. The van der Waals surface area contributed by atoms with Crippen molar-refractivity contribution in [1.82, 2.24) is 0 Å². The molecule has 0 amide bonds. The van der Waals surface area contributed by atoms with Crippen molar-refractivity contribution >= 4 is 23.5 Å². The predicted octanol–water partition coefficient (Wildman–Crippen LogP) is 2.60. The van der Waals surface area contributed by atoms with E-state index >= 15 is 0 Å². The molecule has 0 aliphatic heterocycles. The van der Waals surface area contributed by atoms with Crippen LogP contribution >= 0.6 is 0 Å². The molecule has 6 nitrogen and oxygen atoms in total. The van der Waals surface area contributed by atoms with Gasteiger partial charge in [-0.1, -0.05) is 24.3 Å². The number of carbonyl (C=O) groups excluding carboxylic acids is 4. The molecule has 0 N–H and O–H groups in total. The highest BCUT2D eigenvalue weighted by Gasteiger charge is 2.20. The van der Waals surface area contributed by atoms with Gasteiger partial charge in [0.1, 0.15) is 11.5 Å². The van der Waals surface area contributed by atoms with Gasteiger partial charge in [0, 0.05) is 11.1 Å². The Morgan fingerprint density at radius 2 is 1.04 bits per heavy atom. The summed E-state index contributed by atoms with van der Waals surface area (Å²) < 4.78 is 9.77. The van der Waals surface area contributed by atoms with Crippen molar-refractivity contribution < 1.29 is 28.7 Å². The molecule has 6 heteroatoms. The molecule has 0 unspecified atom stereocenters. The molecule has 0 aliphatic carbocycles. The van der Waals surface area contributed by atoms with Gasteiger partial charge in [0.15, 0.2) is 11.6 Å². The number of Topliss-reactive ketones (excluding diaryl/α,β-unsaturated/α-hetero) is 2. The van der Waals surface area contributed by atoms with Gasteiger partial charge in [-0.05, 0) is 38.1 Å². The van der Waals surface area contributed by atoms with Crippen LogP contribution in [0, 0.1) is 0 Å². The van der Waals surface area contributed by atoms with Crippen molar-refractivity contribution in [2.45, 2.75) is 13.8 Å². The van der Waals surface area contributed by atoms with Crippen molar-refractivity contribution in [1.29, 1.82) is 0 Å². The highest BCUT2D eigenvalue weighted by Crippen LogP contribution is 2.16. The van der Waals surface area contributed by atoms with Gasteiger partial charge in [0.25, 0.3) is 0 Å². The molecule has 0 heterocycles. The molecule has 2 aromatic rings. The number of hydrogen-bond donors (Lipinski definition) is 0. The number of benzene rings is 2. The fraction of sp³-hybridized carbons (Fsp3) is 0.111. The minimum absolute atomic E-state index is 0.0575. The monoisotopic (exact) mass is 326 g/mol. The lowest BCUT2D eigenvalue weighted by Crippen LogP contribution is -2.25. The number of hydrogen-bond acceptors (Lipinski definition) is 6. The van der Waals surface area contributed by atoms with Crippen LogP contribution < -0.4 is 9.47 Å². The molecule has 0 radical (unpaired) electrons. The molecule has 2 rings (SSSR count). The molecule has 0 spiro atoms. The van der Waals surface area contributed by atoms with Crippen LogP contribution in [0.1, 0.15) is 34.6 Å². The predicted molar refractivity (Wildman–Crippen MR) is 84.2 cm³/mol. The molecule has 0 bridgehead atoms. The zero-order valence-corrected chi connectivity index (χ0v) is 13.1. The number of ether oxygens (including phenoxy) is 2. The average molecular weight is 326 g/mol. The third kappa shape index (κ3) is 4.36. The summed E-state index contributed by atoms with van der Waals surface area (Å²) in [6.07, 6.45) is 0. The lowest BCUT2D eigenvalue weighted by atomic mass is 10.1. The first-order valence-electron chi connectivity index (χ1n) is 7.03. The van der Waals surface area contributed by atoms with Gasteiger partial charge < -0.3 is 9.47 Å². The SMILES string of the molecule is CC(=O)c1cccc(OC(=O)C(=O)Oc2cccc(C(C)=O)c2)c1. The van der Waals surface area contributed by atoms with E-state index in [1.807, 2.05) is 0 Å². The first-order valence-corrected chi connectivity index (χ1v) is 7.03. The lowest BCUT2D eigenvalue weighted by Gasteiger charge is -2.06. The fourth-order valence-electron chi connectivity index (χ4n) is 1.85. The molecule has 0 fully saturated rings. The van der Waals surface area contributed by atoms with Gasteiger partial charge in [-0.15, -0.1) is 0 Å². The summed E-state index contributed by atoms with van der Waals surface area (Å²) in [5.41, 5.74) is 0.700. The van der Waals surface area contributed by atoms with Gasteiger partial charge >= 0.3 is 11.9 Å². The summed E-state index contributed by atoms with van der Waals surface area (Å²) >= 11 is 0. The Labute approximate surface area is 138 Å². The maximum atomic E-state index is 11.8. The summed E-state index contributed by atoms with van der Waals surface area (Å²) in [5.74, 6) is -2.75. The topological polar surface area (TPSA) is 86.7 Å². The fourth-order valence-corrected chi connectivity index (χ4v) is 1.85. The third-order valence-corrected chi connectivity index (χ3v) is 3.07. The Bertz CT molecular complexity index is 752. The quantitative estimate of drug-likeness (QED) is 0.371. The van der Waals surface area contributed by atoms with E-state index in [1.54, 1.807) is 12.1 Å². The first-order chi connectivity index (χ1) is 11.4. The maximum Gasteiger partial charge on any atom is 0.423 e. The highest BCUT2D eigenvalue weighted by atomic mass is 16.6. The molecule has 0 saturated carbocycles. The van der Waals surface area contributed by atoms with Crippen LogP contribution in [0.3, 0.4) is 0 Å². The molecule has 24 heavy (non-hydrogen) atoms. The van der Waals surface area contributed by atoms with Gasteiger partial charge in [0.05, 0.1) is 0 Å². The second-order valence-corrected chi connectivity index (χ2v) is 4.95. The Morgan fingerprint density at radius 1 is 0.667 bits per heavy atom. The minimum Gasteiger partial charge on any atom is -0.418 e. The molecule has 2 aromatic carbocycles. The smallest absolute Gasteiger partial charge is 0.418 e. The van der Waals surface area contributed by atoms with E-state index in [1.165, 1.54) is 50.2 Å². The standard InChI is InChI=1S/C18H14O6/c1-11(19)13-5-3-7-15(9-13)23-17(21)18(22)24-16-8-4-6-14(10-16)12(2)20/h3-10H,1-2H3. The zero-order valence-electron chi connectivity index (χ0n) is 13.1. The van der Waals surface area contributed by atoms with Gasteiger partial charge in [-0.2, -0.15) is 0 Å². The van der Waals surface area contributed by atoms with Crippen LogP contribution in [-0.4, -0.2) is 23.5 Å². The lowest BCUT2D eigenvalue weighted by molar-refractivity contribution is -0.156. The summed E-state index contributed by atoms with van der Waals surface area (Å²) in [4.78, 5) is 46.1. The minimum atomic E-state index is -1.23. The average Bonchev–Trinajstić information content (AvgIpc) is 2.55. The normalized spacial score (nSPS) is 9.92. The van der Waals surface area contributed by atoms with Crippen LogP contribution in [-0.2, 0) is 9.59 Å². The van der Waals surface area contributed by atoms with E-state index in [-0.39, 0.29) is 23.1 Å². The van der Waals surface area contributed by atoms with Gasteiger partial charge in [0.2, 0.25) is 0 Å². The van der Waals surface area contributed by atoms with Crippen molar-refractivity contribution in [2.24, 2.45) is 0 Å². The Kier molecular flexibility index (Phi) is 5.21. The molecule has 0 saturated heterocycles. The number of rotatable bonds is 4. The second-order valence-electron chi connectivity index (χ2n) is 4.95. The largest absolute Gasteiger partial charge is 0.423 e. The molecule has 122 valence electrons. The van der Waals surface area contributed by atoms with Crippen LogP contribution in [0.2, 0.25) is 0 Å². The summed E-state index contributed by atoms with van der Waals surface area (Å²) in [5, 5.41) is 0. The van der Waals surface area contributed by atoms with Gasteiger partial charge in [-0.3, -0.25) is 9.59 Å². The van der Waals surface area contributed by atoms with Crippen molar-refractivity contribution in [3.8, 4) is 11.5 Å².